The molecule has 0 aliphatic heterocycles. The van der Waals surface area contributed by atoms with Crippen LogP contribution >= 0.6 is 11.3 Å². The van der Waals surface area contributed by atoms with E-state index in [1.807, 2.05) is 12.1 Å². The van der Waals surface area contributed by atoms with E-state index in [2.05, 4.69) is 30.8 Å². The molecule has 0 bridgehead atoms. The van der Waals surface area contributed by atoms with Crippen LogP contribution in [0.4, 0.5) is 0 Å². The lowest BCUT2D eigenvalue weighted by Gasteiger charge is -2.06. The van der Waals surface area contributed by atoms with Crippen molar-refractivity contribution in [1.82, 2.24) is 4.57 Å². The molecule has 3 rings (SSSR count). The molecular weight excluding hydrogens is 404 g/mol. The smallest absolute Gasteiger partial charge is 0.280 e. The number of nitrogens with zero attached hydrogens (tertiary/aromatic N) is 2. The van der Waals surface area contributed by atoms with Gasteiger partial charge in [-0.3, -0.25) is 4.79 Å². The fourth-order valence-corrected chi connectivity index (χ4v) is 5.16. The largest absolute Gasteiger partial charge is 0.305 e. The number of terminal acetylenes is 1. The molecule has 0 saturated carbocycles. The average Bonchev–Trinajstić information content (AvgIpc) is 3.04. The highest BCUT2D eigenvalue weighted by Gasteiger charge is 2.20. The second-order valence-electron chi connectivity index (χ2n) is 6.87. The maximum absolute atomic E-state index is 12.9. The summed E-state index contributed by atoms with van der Waals surface area (Å²) < 4.78 is 27.5. The number of amides is 1. The third-order valence-electron chi connectivity index (χ3n) is 4.65. The van der Waals surface area contributed by atoms with Crippen LogP contribution in [0.1, 0.15) is 42.6 Å². The minimum Gasteiger partial charge on any atom is -0.305 e. The van der Waals surface area contributed by atoms with Gasteiger partial charge in [0.05, 0.1) is 33.0 Å². The first kappa shape index (κ1) is 21.0. The maximum atomic E-state index is 12.9. The molecule has 29 heavy (non-hydrogen) atoms. The third kappa shape index (κ3) is 4.19. The summed E-state index contributed by atoms with van der Waals surface area (Å²) in [6.07, 6.45) is 5.53. The van der Waals surface area contributed by atoms with Gasteiger partial charge in [0.1, 0.15) is 0 Å². The Morgan fingerprint density at radius 1 is 1.24 bits per heavy atom. The lowest BCUT2D eigenvalue weighted by atomic mass is 10.0. The van der Waals surface area contributed by atoms with E-state index in [0.717, 1.165) is 10.2 Å². The Kier molecular flexibility index (Phi) is 6.06. The van der Waals surface area contributed by atoms with E-state index in [1.165, 1.54) is 29.0 Å². The van der Waals surface area contributed by atoms with E-state index in [1.54, 1.807) is 23.6 Å². The lowest BCUT2D eigenvalue weighted by Crippen LogP contribution is -2.17. The van der Waals surface area contributed by atoms with Gasteiger partial charge in [0.15, 0.2) is 14.6 Å². The summed E-state index contributed by atoms with van der Waals surface area (Å²) in [7, 11) is -3.54. The Bertz CT molecular complexity index is 1290. The molecule has 3 aromatic rings. The molecule has 5 nitrogen and oxygen atoms in total. The lowest BCUT2D eigenvalue weighted by molar-refractivity contribution is 0.0994. The highest BCUT2D eigenvalue weighted by molar-refractivity contribution is 7.91. The first-order valence-electron chi connectivity index (χ1n) is 9.26. The number of carbonyl (C=O) groups excluding carboxylic acids is 1. The van der Waals surface area contributed by atoms with Crippen molar-refractivity contribution in [2.45, 2.75) is 38.1 Å². The second-order valence-corrected chi connectivity index (χ2v) is 10.1. The Morgan fingerprint density at radius 2 is 1.97 bits per heavy atom. The van der Waals surface area contributed by atoms with Crippen LogP contribution in [-0.4, -0.2) is 24.6 Å². The molecule has 1 heterocycles. The van der Waals surface area contributed by atoms with Gasteiger partial charge in [0.2, 0.25) is 0 Å². The highest BCUT2D eigenvalue weighted by Crippen LogP contribution is 2.24. The van der Waals surface area contributed by atoms with Crippen molar-refractivity contribution in [1.29, 1.82) is 0 Å². The van der Waals surface area contributed by atoms with Gasteiger partial charge in [-0.25, -0.2) is 8.42 Å². The summed E-state index contributed by atoms with van der Waals surface area (Å²) >= 11 is 1.37. The van der Waals surface area contributed by atoms with Crippen molar-refractivity contribution < 1.29 is 13.2 Å². The van der Waals surface area contributed by atoms with Gasteiger partial charge in [-0.15, -0.1) is 6.42 Å². The van der Waals surface area contributed by atoms with E-state index in [-0.39, 0.29) is 22.8 Å². The second kappa shape index (κ2) is 8.36. The Balaban J connectivity index is 2.20. The average molecular weight is 427 g/mol. The van der Waals surface area contributed by atoms with Crippen LogP contribution in [0, 0.1) is 12.3 Å². The van der Waals surface area contributed by atoms with Gasteiger partial charge in [-0.1, -0.05) is 56.2 Å². The first-order chi connectivity index (χ1) is 13.8. The molecule has 1 aromatic heterocycles. The normalized spacial score (nSPS) is 12.4. The molecule has 0 spiro atoms. The molecule has 0 N–H and O–H groups in total. The highest BCUT2D eigenvalue weighted by atomic mass is 32.2. The maximum Gasteiger partial charge on any atom is 0.280 e. The van der Waals surface area contributed by atoms with Gasteiger partial charge < -0.3 is 4.57 Å². The molecular formula is C22H22N2O3S2. The van der Waals surface area contributed by atoms with Crippen LogP contribution in [-0.2, 0) is 16.4 Å². The molecule has 1 amide bonds. The monoisotopic (exact) mass is 426 g/mol. The van der Waals surface area contributed by atoms with E-state index in [9.17, 15) is 13.2 Å². The number of aromatic nitrogens is 1. The van der Waals surface area contributed by atoms with Crippen LogP contribution in [0.25, 0.3) is 10.2 Å². The summed E-state index contributed by atoms with van der Waals surface area (Å²) in [5, 5.41) is 0. The molecule has 7 heteroatoms. The topological polar surface area (TPSA) is 68.5 Å². The zero-order chi connectivity index (χ0) is 21.2. The fourth-order valence-electron chi connectivity index (χ4n) is 3.00. The van der Waals surface area contributed by atoms with Crippen LogP contribution in [0.3, 0.4) is 0 Å². The summed E-state index contributed by atoms with van der Waals surface area (Å²) in [6, 6.07) is 12.3. The van der Waals surface area contributed by atoms with Gasteiger partial charge in [0.25, 0.3) is 5.91 Å². The van der Waals surface area contributed by atoms with E-state index < -0.39 is 15.7 Å². The number of hydrogen-bond donors (Lipinski definition) is 0. The number of thiazole rings is 1. The Labute approximate surface area is 174 Å². The minimum atomic E-state index is -3.54. The quantitative estimate of drug-likeness (QED) is 0.579. The van der Waals surface area contributed by atoms with Crippen LogP contribution in [0.2, 0.25) is 0 Å². The van der Waals surface area contributed by atoms with Crippen molar-refractivity contribution in [3.63, 3.8) is 0 Å². The Hall–Kier alpha value is -2.69. The summed E-state index contributed by atoms with van der Waals surface area (Å²) in [5.74, 6) is 2.29. The predicted molar refractivity (Wildman–Crippen MR) is 117 cm³/mol. The van der Waals surface area contributed by atoms with Crippen molar-refractivity contribution in [3.05, 3.63) is 58.4 Å². The zero-order valence-corrected chi connectivity index (χ0v) is 18.2. The van der Waals surface area contributed by atoms with Crippen LogP contribution in [0.15, 0.2) is 52.4 Å². The minimum absolute atomic E-state index is 0.00274. The molecule has 0 atom stereocenters. The van der Waals surface area contributed by atoms with Crippen LogP contribution in [0.5, 0.6) is 0 Å². The standard InChI is InChI=1S/C22H22N2O3S2/c1-5-13-24-18-12-11-16(15(3)4)14-19(18)28-22(24)23-21(25)17-9-7-8-10-20(17)29(26,27)6-2/h1,7-12,14-15H,6,13H2,2-4H3. The van der Waals surface area contributed by atoms with E-state index in [4.69, 9.17) is 6.42 Å². The molecule has 0 radical (unpaired) electrons. The Morgan fingerprint density at radius 3 is 2.62 bits per heavy atom. The van der Waals surface area contributed by atoms with Crippen molar-refractivity contribution in [2.24, 2.45) is 4.99 Å². The summed E-state index contributed by atoms with van der Waals surface area (Å²) in [5.41, 5.74) is 2.16. The van der Waals surface area contributed by atoms with E-state index >= 15 is 0 Å². The third-order valence-corrected chi connectivity index (χ3v) is 7.48. The number of fused-ring (bicyclic) bond motifs is 1. The number of carbonyl (C=O) groups is 1. The predicted octanol–water partition coefficient (Wildman–Crippen LogP) is 3.99. The molecule has 0 aliphatic rings. The van der Waals surface area contributed by atoms with Gasteiger partial charge >= 0.3 is 0 Å². The number of sulfone groups is 1. The molecule has 0 fully saturated rings. The van der Waals surface area contributed by atoms with Crippen LogP contribution < -0.4 is 4.80 Å². The number of rotatable bonds is 5. The molecule has 150 valence electrons. The summed E-state index contributed by atoms with van der Waals surface area (Å²) in [6.45, 7) is 6.04. The number of benzene rings is 2. The fraction of sp³-hybridized carbons (Fsp3) is 0.273. The van der Waals surface area contributed by atoms with Gasteiger partial charge in [0, 0.05) is 0 Å². The molecule has 0 aliphatic carbocycles. The number of hydrogen-bond acceptors (Lipinski definition) is 4. The van der Waals surface area contributed by atoms with Crippen molar-refractivity contribution in [2.75, 3.05) is 5.75 Å². The summed E-state index contributed by atoms with van der Waals surface area (Å²) in [4.78, 5) is 17.6. The SMILES string of the molecule is C#CCn1c(=NC(=O)c2ccccc2S(=O)(=O)CC)sc2cc(C(C)C)ccc21. The zero-order valence-electron chi connectivity index (χ0n) is 16.5. The molecule has 0 unspecified atom stereocenters. The van der Waals surface area contributed by atoms with Crippen molar-refractivity contribution >= 4 is 37.3 Å². The molecule has 0 saturated heterocycles. The van der Waals surface area contributed by atoms with Gasteiger partial charge in [-0.05, 0) is 35.7 Å². The molecule has 2 aromatic carbocycles. The first-order valence-corrected chi connectivity index (χ1v) is 11.7. The van der Waals surface area contributed by atoms with Gasteiger partial charge in [-0.2, -0.15) is 4.99 Å². The van der Waals surface area contributed by atoms with Crippen molar-refractivity contribution in [3.8, 4) is 12.3 Å². The van der Waals surface area contributed by atoms with E-state index in [0.29, 0.717) is 10.7 Å².